The number of Topliss-reactive ketones (excluding diaryl/α,β-unsaturated/α-hetero) is 1. The molecular formula is C33H44O8. The van der Waals surface area contributed by atoms with Gasteiger partial charge in [0.2, 0.25) is 0 Å². The number of ether oxygens (including phenoxy) is 3. The molecule has 1 aromatic rings. The van der Waals surface area contributed by atoms with Gasteiger partial charge in [0.25, 0.3) is 0 Å². The molecule has 41 heavy (non-hydrogen) atoms. The fraction of sp³-hybridized carbons (Fsp3) is 0.758. The van der Waals surface area contributed by atoms with Gasteiger partial charge in [0.05, 0.1) is 31.5 Å². The summed E-state index contributed by atoms with van der Waals surface area (Å²) in [5.41, 5.74) is -0.548. The Morgan fingerprint density at radius 3 is 2.17 bits per heavy atom. The molecule has 0 aromatic carbocycles. The van der Waals surface area contributed by atoms with Gasteiger partial charge in [-0.25, -0.2) is 0 Å². The third kappa shape index (κ3) is 4.55. The minimum absolute atomic E-state index is 0.0955. The number of hydrogen-bond donors (Lipinski definition) is 0. The second-order valence-electron chi connectivity index (χ2n) is 13.4. The number of fused-ring (bicyclic) bond motifs is 3. The van der Waals surface area contributed by atoms with Gasteiger partial charge in [-0.15, -0.1) is 0 Å². The lowest BCUT2D eigenvalue weighted by atomic mass is 9.36. The summed E-state index contributed by atoms with van der Waals surface area (Å²) < 4.78 is 22.7. The summed E-state index contributed by atoms with van der Waals surface area (Å²) in [6.45, 7) is 1.32. The Hall–Kier alpha value is -2.64. The van der Waals surface area contributed by atoms with Crippen molar-refractivity contribution in [2.75, 3.05) is 7.11 Å². The number of hydrogen-bond acceptors (Lipinski definition) is 8. The smallest absolute Gasteiger partial charge is 0.310 e. The number of carbonyl (C=O) groups excluding carboxylic acids is 4. The number of furan rings is 1. The molecule has 1 aromatic heterocycles. The number of esters is 3. The maximum atomic E-state index is 15.0. The molecule has 0 N–H and O–H groups in total. The second-order valence-corrected chi connectivity index (χ2v) is 13.4. The van der Waals surface area contributed by atoms with Crippen LogP contribution in [-0.4, -0.2) is 36.9 Å². The number of ketones is 1. The molecule has 2 heterocycles. The zero-order valence-electron chi connectivity index (χ0n) is 24.4. The zero-order valence-corrected chi connectivity index (χ0v) is 24.4. The van der Waals surface area contributed by atoms with Gasteiger partial charge in [-0.3, -0.25) is 19.2 Å². The third-order valence-electron chi connectivity index (χ3n) is 11.8. The summed E-state index contributed by atoms with van der Waals surface area (Å²) in [5, 5.41) is 0. The van der Waals surface area contributed by atoms with E-state index in [1.807, 2.05) is 6.07 Å². The molecule has 0 radical (unpaired) electrons. The monoisotopic (exact) mass is 568 g/mol. The van der Waals surface area contributed by atoms with Crippen LogP contribution < -0.4 is 0 Å². The Morgan fingerprint density at radius 2 is 1.59 bits per heavy atom. The summed E-state index contributed by atoms with van der Waals surface area (Å²) in [4.78, 5) is 55.1. The van der Waals surface area contributed by atoms with Crippen molar-refractivity contribution in [3.05, 3.63) is 24.2 Å². The van der Waals surface area contributed by atoms with Crippen LogP contribution in [0.3, 0.4) is 0 Å². The minimum atomic E-state index is -1.03. The molecule has 6 rings (SSSR count). The van der Waals surface area contributed by atoms with Gasteiger partial charge in [-0.05, 0) is 68.3 Å². The van der Waals surface area contributed by atoms with Crippen LogP contribution in [0.1, 0.15) is 108 Å². The number of rotatable bonds is 5. The summed E-state index contributed by atoms with van der Waals surface area (Å²) in [7, 11) is 1.42. The maximum absolute atomic E-state index is 15.0. The lowest BCUT2D eigenvalue weighted by molar-refractivity contribution is -0.238. The van der Waals surface area contributed by atoms with Gasteiger partial charge >= 0.3 is 17.9 Å². The Labute approximate surface area is 242 Å². The molecule has 0 amide bonds. The Morgan fingerprint density at radius 1 is 0.927 bits per heavy atom. The van der Waals surface area contributed by atoms with E-state index in [9.17, 15) is 14.4 Å². The van der Waals surface area contributed by atoms with Crippen molar-refractivity contribution in [2.24, 2.45) is 40.4 Å². The van der Waals surface area contributed by atoms with E-state index in [0.29, 0.717) is 19.3 Å². The van der Waals surface area contributed by atoms with Gasteiger partial charge in [0.1, 0.15) is 6.10 Å². The highest BCUT2D eigenvalue weighted by atomic mass is 16.6. The van der Waals surface area contributed by atoms with Crippen LogP contribution in [0.4, 0.5) is 0 Å². The highest BCUT2D eigenvalue weighted by Gasteiger charge is 2.73. The van der Waals surface area contributed by atoms with E-state index >= 15 is 4.79 Å². The first-order valence-electron chi connectivity index (χ1n) is 15.8. The van der Waals surface area contributed by atoms with E-state index < -0.39 is 46.8 Å². The molecule has 224 valence electrons. The van der Waals surface area contributed by atoms with E-state index in [4.69, 9.17) is 18.6 Å². The fourth-order valence-corrected chi connectivity index (χ4v) is 10.4. The quantitative estimate of drug-likeness (QED) is 0.309. The van der Waals surface area contributed by atoms with Gasteiger partial charge in [-0.2, -0.15) is 0 Å². The highest BCUT2D eigenvalue weighted by Crippen LogP contribution is 2.72. The first kappa shape index (κ1) is 28.5. The van der Waals surface area contributed by atoms with Crippen molar-refractivity contribution in [1.29, 1.82) is 0 Å². The highest BCUT2D eigenvalue weighted by molar-refractivity contribution is 5.93. The van der Waals surface area contributed by atoms with Crippen LogP contribution in [0.2, 0.25) is 0 Å². The molecule has 8 nitrogen and oxygen atoms in total. The number of cyclic esters (lactones) is 1. The van der Waals surface area contributed by atoms with Crippen LogP contribution in [0.15, 0.2) is 23.0 Å². The van der Waals surface area contributed by atoms with Crippen LogP contribution in [0, 0.1) is 40.4 Å². The van der Waals surface area contributed by atoms with Crippen molar-refractivity contribution in [1.82, 2.24) is 0 Å². The van der Waals surface area contributed by atoms with E-state index in [-0.39, 0.29) is 36.0 Å². The first-order valence-corrected chi connectivity index (χ1v) is 15.8. The SMILES string of the molecule is COC(=O)C1CC(OC(C)=O)C(=O)C2C1(C1CCCCC1)CCC1C(=O)OC(c3ccoc3)CC12C1CCCCC1. The molecule has 5 fully saturated rings. The molecule has 0 spiro atoms. The Bertz CT molecular complexity index is 1150. The average Bonchev–Trinajstić information content (AvgIpc) is 3.53. The van der Waals surface area contributed by atoms with E-state index in [1.165, 1.54) is 14.0 Å². The van der Waals surface area contributed by atoms with Crippen molar-refractivity contribution in [3.8, 4) is 0 Å². The molecule has 1 saturated heterocycles. The third-order valence-corrected chi connectivity index (χ3v) is 11.8. The summed E-state index contributed by atoms with van der Waals surface area (Å²) >= 11 is 0. The van der Waals surface area contributed by atoms with Gasteiger partial charge in [0, 0.05) is 30.2 Å². The number of methoxy groups -OCH3 is 1. The van der Waals surface area contributed by atoms with Crippen molar-refractivity contribution in [3.63, 3.8) is 0 Å². The van der Waals surface area contributed by atoms with E-state index in [1.54, 1.807) is 12.5 Å². The molecule has 8 heteroatoms. The van der Waals surface area contributed by atoms with Gasteiger partial charge in [-0.1, -0.05) is 38.5 Å². The molecule has 4 saturated carbocycles. The van der Waals surface area contributed by atoms with Crippen LogP contribution in [0.25, 0.3) is 0 Å². The lowest BCUT2D eigenvalue weighted by Crippen LogP contribution is -2.70. The van der Waals surface area contributed by atoms with Crippen molar-refractivity contribution < 1.29 is 37.8 Å². The lowest BCUT2D eigenvalue weighted by Gasteiger charge is -2.67. The van der Waals surface area contributed by atoms with Crippen molar-refractivity contribution >= 4 is 23.7 Å². The topological polar surface area (TPSA) is 109 Å². The molecule has 1 aliphatic heterocycles. The molecule has 0 bridgehead atoms. The fourth-order valence-electron chi connectivity index (χ4n) is 10.4. The number of carbonyl (C=O) groups is 4. The standard InChI is InChI=1S/C33H44O8/c1-20(34)40-26-17-25(30(36)38-2)32(22-9-5-3-6-10-22)15-13-24-31(37)41-27(21-14-16-39-19-21)18-33(24,29(32)28(26)35)23-11-7-4-8-12-23/h14,16,19,22-27,29H,3-13,15,17-18H2,1-2H3. The predicted molar refractivity (Wildman–Crippen MR) is 147 cm³/mol. The Kier molecular flexibility index (Phi) is 7.79. The summed E-state index contributed by atoms with van der Waals surface area (Å²) in [5.74, 6) is -2.51. The van der Waals surface area contributed by atoms with Crippen molar-refractivity contribution in [2.45, 2.75) is 109 Å². The van der Waals surface area contributed by atoms with Gasteiger partial charge < -0.3 is 18.6 Å². The largest absolute Gasteiger partial charge is 0.472 e. The molecule has 7 unspecified atom stereocenters. The minimum Gasteiger partial charge on any atom is -0.472 e. The first-order chi connectivity index (χ1) is 19.8. The summed E-state index contributed by atoms with van der Waals surface area (Å²) in [6.07, 6.45) is 13.8. The zero-order chi connectivity index (χ0) is 28.8. The molecule has 7 atom stereocenters. The molecular weight excluding hydrogens is 524 g/mol. The Balaban J connectivity index is 1.58. The van der Waals surface area contributed by atoms with E-state index in [0.717, 1.165) is 69.8 Å². The maximum Gasteiger partial charge on any atom is 0.310 e. The van der Waals surface area contributed by atoms with Gasteiger partial charge in [0.15, 0.2) is 11.9 Å². The van der Waals surface area contributed by atoms with E-state index in [2.05, 4.69) is 0 Å². The van der Waals surface area contributed by atoms with Crippen LogP contribution >= 0.6 is 0 Å². The van der Waals surface area contributed by atoms with Crippen LogP contribution in [0.5, 0.6) is 0 Å². The summed E-state index contributed by atoms with van der Waals surface area (Å²) in [6, 6.07) is 1.84. The molecule has 5 aliphatic rings. The predicted octanol–water partition coefficient (Wildman–Crippen LogP) is 6.12. The van der Waals surface area contributed by atoms with Crippen LogP contribution in [-0.2, 0) is 33.4 Å². The second kappa shape index (κ2) is 11.2. The average molecular weight is 569 g/mol. The molecule has 4 aliphatic carbocycles. The normalized spacial score (nSPS) is 38.3.